The number of benzene rings is 2. The molecule has 0 saturated heterocycles. The zero-order valence-electron chi connectivity index (χ0n) is 16.7. The van der Waals surface area contributed by atoms with Crippen LogP contribution in [0.15, 0.2) is 47.4 Å². The Labute approximate surface area is 190 Å². The van der Waals surface area contributed by atoms with Gasteiger partial charge in [0.1, 0.15) is 16.4 Å². The quantitative estimate of drug-likeness (QED) is 0.346. The summed E-state index contributed by atoms with van der Waals surface area (Å²) in [6, 6.07) is 10.5. The first kappa shape index (κ1) is 25.0. The summed E-state index contributed by atoms with van der Waals surface area (Å²) in [4.78, 5) is -0.422. The summed E-state index contributed by atoms with van der Waals surface area (Å²) in [5, 5.41) is 11.5. The predicted octanol–water partition coefficient (Wildman–Crippen LogP) is 2.10. The molecule has 2 aromatic rings. The van der Waals surface area contributed by atoms with Gasteiger partial charge in [0.2, 0.25) is 0 Å². The van der Waals surface area contributed by atoms with E-state index in [1.165, 1.54) is 44.1 Å². The van der Waals surface area contributed by atoms with Gasteiger partial charge in [0, 0.05) is 0 Å². The number of hydrogen-bond acceptors (Lipinski definition) is 4. The van der Waals surface area contributed by atoms with E-state index in [-0.39, 0.29) is 35.3 Å². The summed E-state index contributed by atoms with van der Waals surface area (Å²) in [6.45, 7) is 2.22. The van der Waals surface area contributed by atoms with E-state index in [1.54, 1.807) is 12.1 Å². The Kier molecular flexibility index (Phi) is 11.2. The molecular formula is C21H27NaO5S. The minimum Gasteiger partial charge on any atom is -0.872 e. The summed E-state index contributed by atoms with van der Waals surface area (Å²) in [7, 11) is -4.47. The van der Waals surface area contributed by atoms with Gasteiger partial charge in [-0.25, -0.2) is 0 Å². The summed E-state index contributed by atoms with van der Waals surface area (Å²) in [5.74, 6) is -0.161. The molecule has 28 heavy (non-hydrogen) atoms. The minimum atomic E-state index is -4.47. The van der Waals surface area contributed by atoms with Crippen LogP contribution in [0.25, 0.3) is 0 Å². The normalized spacial score (nSPS) is 11.1. The van der Waals surface area contributed by atoms with Crippen LogP contribution in [0.4, 0.5) is 0 Å². The van der Waals surface area contributed by atoms with Crippen LogP contribution in [0, 0.1) is 0 Å². The third kappa shape index (κ3) is 8.53. The van der Waals surface area contributed by atoms with Crippen molar-refractivity contribution in [3.63, 3.8) is 0 Å². The maximum Gasteiger partial charge on any atom is 1.00 e. The summed E-state index contributed by atoms with van der Waals surface area (Å²) in [6.07, 6.45) is 9.81. The molecule has 0 aliphatic carbocycles. The Balaban J connectivity index is 0.00000392. The van der Waals surface area contributed by atoms with Gasteiger partial charge >= 0.3 is 29.6 Å². The number of hydrogen-bond donors (Lipinski definition) is 1. The second kappa shape index (κ2) is 12.5. The van der Waals surface area contributed by atoms with Crippen molar-refractivity contribution in [2.45, 2.75) is 63.2 Å². The molecule has 0 amide bonds. The largest absolute Gasteiger partial charge is 1.00 e. The van der Waals surface area contributed by atoms with E-state index < -0.39 is 20.8 Å². The van der Waals surface area contributed by atoms with Crippen molar-refractivity contribution in [1.29, 1.82) is 0 Å². The van der Waals surface area contributed by atoms with Gasteiger partial charge in [0.25, 0.3) is 10.1 Å². The molecule has 0 atom stereocenters. The van der Waals surface area contributed by atoms with Crippen molar-refractivity contribution >= 4 is 10.1 Å². The standard InChI is InChI=1S/C21H28O5S.Na/c1-2-3-4-5-6-7-8-9-17-10-13-19(14-11-17)26-20-16-18(22)12-15-21(20)27(23,24)25;/h10-16,22H,2-9H2,1H3,(H,23,24,25);/q;+1/p-1. The van der Waals surface area contributed by atoms with E-state index in [0.717, 1.165) is 31.0 Å². The van der Waals surface area contributed by atoms with Crippen LogP contribution >= 0.6 is 0 Å². The van der Waals surface area contributed by atoms with Crippen LogP contribution < -0.4 is 39.4 Å². The zero-order valence-corrected chi connectivity index (χ0v) is 19.5. The molecule has 1 N–H and O–H groups in total. The van der Waals surface area contributed by atoms with Crippen molar-refractivity contribution in [2.75, 3.05) is 0 Å². The summed E-state index contributed by atoms with van der Waals surface area (Å²) in [5.41, 5.74) is 1.18. The second-order valence-corrected chi connectivity index (χ2v) is 8.09. The number of ether oxygens (including phenoxy) is 1. The smallest absolute Gasteiger partial charge is 0.872 e. The Hall–Kier alpha value is -1.05. The van der Waals surface area contributed by atoms with Gasteiger partial charge in [-0.15, -0.1) is 5.75 Å². The fourth-order valence-electron chi connectivity index (χ4n) is 2.92. The molecule has 7 heteroatoms. The monoisotopic (exact) mass is 414 g/mol. The van der Waals surface area contributed by atoms with Crippen molar-refractivity contribution in [3.8, 4) is 17.2 Å². The molecule has 2 aromatic carbocycles. The Morgan fingerprint density at radius 1 is 0.929 bits per heavy atom. The fourth-order valence-corrected chi connectivity index (χ4v) is 3.51. The minimum absolute atomic E-state index is 0. The zero-order chi connectivity index (χ0) is 19.7. The second-order valence-electron chi connectivity index (χ2n) is 6.70. The average Bonchev–Trinajstić information content (AvgIpc) is 2.61. The van der Waals surface area contributed by atoms with Crippen LogP contribution in [0.1, 0.15) is 57.4 Å². The topological polar surface area (TPSA) is 86.7 Å². The number of aryl methyl sites for hydroxylation is 1. The van der Waals surface area contributed by atoms with Gasteiger partial charge < -0.3 is 9.84 Å². The van der Waals surface area contributed by atoms with E-state index in [1.807, 2.05) is 12.1 Å². The number of rotatable bonds is 11. The molecule has 148 valence electrons. The van der Waals surface area contributed by atoms with E-state index >= 15 is 0 Å². The van der Waals surface area contributed by atoms with Crippen molar-refractivity contribution in [2.24, 2.45) is 0 Å². The maximum atomic E-state index is 11.5. The first-order valence-corrected chi connectivity index (χ1v) is 10.9. The van der Waals surface area contributed by atoms with Gasteiger partial charge in [-0.1, -0.05) is 63.6 Å². The van der Waals surface area contributed by atoms with E-state index in [0.29, 0.717) is 5.75 Å². The molecule has 5 nitrogen and oxygen atoms in total. The predicted molar refractivity (Wildman–Crippen MR) is 104 cm³/mol. The SMILES string of the molecule is CCCCCCCCCc1ccc(Oc2cc([O-])ccc2S(=O)(=O)O)cc1.[Na+]. The summed E-state index contributed by atoms with van der Waals surface area (Å²) >= 11 is 0. The first-order chi connectivity index (χ1) is 12.9. The molecule has 0 saturated carbocycles. The first-order valence-electron chi connectivity index (χ1n) is 9.45. The molecule has 0 aliphatic rings. The molecule has 0 aliphatic heterocycles. The molecule has 0 radical (unpaired) electrons. The van der Waals surface area contributed by atoms with Crippen molar-refractivity contribution < 1.29 is 52.4 Å². The van der Waals surface area contributed by atoms with Crippen molar-refractivity contribution in [3.05, 3.63) is 48.0 Å². The van der Waals surface area contributed by atoms with Crippen LogP contribution in [0.3, 0.4) is 0 Å². The fraction of sp³-hybridized carbons (Fsp3) is 0.429. The molecule has 0 fully saturated rings. The Morgan fingerprint density at radius 2 is 1.54 bits per heavy atom. The van der Waals surface area contributed by atoms with Gasteiger partial charge in [0.15, 0.2) is 0 Å². The Bertz CT molecular complexity index is 819. The third-order valence-corrected chi connectivity index (χ3v) is 5.31. The maximum absolute atomic E-state index is 11.5. The number of unbranched alkanes of at least 4 members (excludes halogenated alkanes) is 6. The molecular weight excluding hydrogens is 387 g/mol. The molecule has 0 bridgehead atoms. The summed E-state index contributed by atoms with van der Waals surface area (Å²) < 4.78 is 37.6. The van der Waals surface area contributed by atoms with Gasteiger partial charge in [-0.05, 0) is 42.7 Å². The molecule has 0 unspecified atom stereocenters. The Morgan fingerprint density at radius 3 is 2.14 bits per heavy atom. The molecule has 2 rings (SSSR count). The average molecular weight is 414 g/mol. The van der Waals surface area contributed by atoms with Crippen LogP contribution in [0.5, 0.6) is 17.2 Å². The van der Waals surface area contributed by atoms with E-state index in [4.69, 9.17) is 4.74 Å². The van der Waals surface area contributed by atoms with Crippen LogP contribution in [-0.2, 0) is 16.5 Å². The third-order valence-electron chi connectivity index (χ3n) is 4.41. The van der Waals surface area contributed by atoms with Crippen LogP contribution in [0.2, 0.25) is 0 Å². The van der Waals surface area contributed by atoms with E-state index in [2.05, 4.69) is 6.92 Å². The van der Waals surface area contributed by atoms with Gasteiger partial charge in [0.05, 0.1) is 0 Å². The molecule has 0 aromatic heterocycles. The van der Waals surface area contributed by atoms with Crippen LogP contribution in [-0.4, -0.2) is 13.0 Å². The van der Waals surface area contributed by atoms with Gasteiger partial charge in [-0.3, -0.25) is 4.55 Å². The van der Waals surface area contributed by atoms with E-state index in [9.17, 15) is 18.1 Å². The van der Waals surface area contributed by atoms with Crippen molar-refractivity contribution in [1.82, 2.24) is 0 Å². The van der Waals surface area contributed by atoms with Gasteiger partial charge in [-0.2, -0.15) is 8.42 Å². The molecule has 0 heterocycles. The molecule has 0 spiro atoms.